The highest BCUT2D eigenvalue weighted by atomic mass is 32.1. The number of hydrogen-bond donors (Lipinski definition) is 0. The molecule has 0 amide bonds. The van der Waals surface area contributed by atoms with E-state index in [1.54, 1.807) is 20.3 Å². The van der Waals surface area contributed by atoms with Gasteiger partial charge in [0.2, 0.25) is 5.78 Å². The number of thiophene rings is 2. The third-order valence-corrected chi connectivity index (χ3v) is 6.45. The van der Waals surface area contributed by atoms with Crippen molar-refractivity contribution in [3.05, 3.63) is 90.1 Å². The molecule has 4 heterocycles. The monoisotopic (exact) mass is 408 g/mol. The lowest BCUT2D eigenvalue weighted by Gasteiger charge is -2.06. The first-order valence-electron chi connectivity index (χ1n) is 8.79. The molecule has 8 heteroatoms. The zero-order valence-corrected chi connectivity index (χ0v) is 16.7. The van der Waals surface area contributed by atoms with Gasteiger partial charge in [0.1, 0.15) is 4.70 Å². The van der Waals surface area contributed by atoms with Crippen molar-refractivity contribution in [2.24, 2.45) is 0 Å². The molecule has 0 radical (unpaired) electrons. The molecule has 0 aliphatic carbocycles. The quantitative estimate of drug-likeness (QED) is 0.458. The second-order valence-corrected chi connectivity index (χ2v) is 8.62. The minimum atomic E-state index is -0.236. The Balaban J connectivity index is 1.75. The maximum Gasteiger partial charge on any atom is 0.352 e. The lowest BCUT2D eigenvalue weighted by molar-refractivity contribution is 0.655. The van der Waals surface area contributed by atoms with Gasteiger partial charge in [-0.25, -0.2) is 13.9 Å². The van der Waals surface area contributed by atoms with Gasteiger partial charge >= 0.3 is 5.69 Å². The fourth-order valence-electron chi connectivity index (χ4n) is 3.42. The fourth-order valence-corrected chi connectivity index (χ4v) is 4.94. The van der Waals surface area contributed by atoms with Crippen molar-refractivity contribution >= 4 is 38.7 Å². The van der Waals surface area contributed by atoms with Gasteiger partial charge in [-0.2, -0.15) is 0 Å². The minimum absolute atomic E-state index is 0.112. The molecular formula is C20H16N4O2S2. The largest absolute Gasteiger partial charge is 0.352 e. The van der Waals surface area contributed by atoms with E-state index in [0.29, 0.717) is 29.1 Å². The molecule has 0 N–H and O–H groups in total. The molecule has 0 unspecified atom stereocenters. The summed E-state index contributed by atoms with van der Waals surface area (Å²) < 4.78 is 5.15. The smallest absolute Gasteiger partial charge is 0.270 e. The van der Waals surface area contributed by atoms with Gasteiger partial charge in [-0.1, -0.05) is 35.9 Å². The average Bonchev–Trinajstić information content (AvgIpc) is 3.40. The van der Waals surface area contributed by atoms with E-state index in [1.807, 2.05) is 60.1 Å². The zero-order chi connectivity index (χ0) is 19.3. The van der Waals surface area contributed by atoms with Crippen molar-refractivity contribution < 1.29 is 0 Å². The Morgan fingerprint density at radius 1 is 1.00 bits per heavy atom. The Kier molecular flexibility index (Phi) is 4.03. The molecule has 5 aromatic rings. The first-order chi connectivity index (χ1) is 13.6. The molecule has 0 bridgehead atoms. The van der Waals surface area contributed by atoms with Crippen molar-refractivity contribution in [1.29, 1.82) is 0 Å². The van der Waals surface area contributed by atoms with E-state index in [-0.39, 0.29) is 11.2 Å². The van der Waals surface area contributed by atoms with E-state index in [9.17, 15) is 9.59 Å². The molecule has 28 heavy (non-hydrogen) atoms. The molecule has 0 aliphatic heterocycles. The summed E-state index contributed by atoms with van der Waals surface area (Å²) in [5, 5.41) is 8.36. The third kappa shape index (κ3) is 2.73. The predicted molar refractivity (Wildman–Crippen MR) is 113 cm³/mol. The van der Waals surface area contributed by atoms with Crippen molar-refractivity contribution in [2.75, 3.05) is 0 Å². The molecule has 140 valence electrons. The standard InChI is InChI=1S/C20H16N4O2S2/c1-13-4-2-5-14(10-13)11-23-20(26)24-16-7-9-28-17(16)18(25)22(19(24)21-23)12-15-6-3-8-27-15/h2-10H,11-12H2,1H3. The maximum atomic E-state index is 13.2. The van der Waals surface area contributed by atoms with Gasteiger partial charge in [0.15, 0.2) is 0 Å². The van der Waals surface area contributed by atoms with Crippen LogP contribution in [-0.4, -0.2) is 18.7 Å². The summed E-state index contributed by atoms with van der Waals surface area (Å²) in [6, 6.07) is 13.7. The van der Waals surface area contributed by atoms with Crippen LogP contribution in [0.4, 0.5) is 0 Å². The van der Waals surface area contributed by atoms with Crippen LogP contribution in [0.15, 0.2) is 62.8 Å². The lowest BCUT2D eigenvalue weighted by atomic mass is 10.1. The fraction of sp³-hybridized carbons (Fsp3) is 0.150. The predicted octanol–water partition coefficient (Wildman–Crippen LogP) is 3.34. The highest BCUT2D eigenvalue weighted by Crippen LogP contribution is 2.19. The summed E-state index contributed by atoms with van der Waals surface area (Å²) >= 11 is 2.93. The zero-order valence-electron chi connectivity index (χ0n) is 15.0. The van der Waals surface area contributed by atoms with Crippen LogP contribution in [0.2, 0.25) is 0 Å². The van der Waals surface area contributed by atoms with Gasteiger partial charge in [0, 0.05) is 4.88 Å². The van der Waals surface area contributed by atoms with Crippen LogP contribution >= 0.6 is 22.7 Å². The van der Waals surface area contributed by atoms with E-state index in [4.69, 9.17) is 0 Å². The highest BCUT2D eigenvalue weighted by Gasteiger charge is 2.18. The van der Waals surface area contributed by atoms with E-state index in [1.165, 1.54) is 16.0 Å². The van der Waals surface area contributed by atoms with Crippen molar-refractivity contribution in [3.63, 3.8) is 0 Å². The second-order valence-electron chi connectivity index (χ2n) is 6.67. The number of nitrogens with zero attached hydrogens (tertiary/aromatic N) is 4. The molecule has 0 fully saturated rings. The molecule has 5 rings (SSSR count). The number of fused-ring (bicyclic) bond motifs is 3. The van der Waals surface area contributed by atoms with Gasteiger partial charge in [-0.3, -0.25) is 9.36 Å². The normalized spacial score (nSPS) is 11.6. The van der Waals surface area contributed by atoms with Crippen LogP contribution in [0, 0.1) is 6.92 Å². The number of rotatable bonds is 4. The first-order valence-corrected chi connectivity index (χ1v) is 10.6. The van der Waals surface area contributed by atoms with Gasteiger partial charge in [-0.15, -0.1) is 27.8 Å². The minimum Gasteiger partial charge on any atom is -0.270 e. The van der Waals surface area contributed by atoms with Crippen LogP contribution in [0.1, 0.15) is 16.0 Å². The van der Waals surface area contributed by atoms with Crippen molar-refractivity contribution in [2.45, 2.75) is 20.0 Å². The number of benzene rings is 1. The van der Waals surface area contributed by atoms with Gasteiger partial charge in [-0.05, 0) is 35.4 Å². The Morgan fingerprint density at radius 2 is 1.89 bits per heavy atom. The average molecular weight is 409 g/mol. The molecule has 0 saturated heterocycles. The van der Waals surface area contributed by atoms with Crippen LogP contribution in [0.5, 0.6) is 0 Å². The molecule has 0 aliphatic rings. The summed E-state index contributed by atoms with van der Waals surface area (Å²) in [5.41, 5.74) is 2.40. The van der Waals surface area contributed by atoms with E-state index in [0.717, 1.165) is 16.0 Å². The summed E-state index contributed by atoms with van der Waals surface area (Å²) in [4.78, 5) is 27.3. The maximum absolute atomic E-state index is 13.2. The first kappa shape index (κ1) is 17.2. The Labute approximate surface area is 167 Å². The molecular weight excluding hydrogens is 392 g/mol. The van der Waals surface area contributed by atoms with Crippen LogP contribution < -0.4 is 11.2 Å². The van der Waals surface area contributed by atoms with Gasteiger partial charge in [0.25, 0.3) is 5.56 Å². The highest BCUT2D eigenvalue weighted by molar-refractivity contribution is 7.17. The molecule has 0 saturated carbocycles. The lowest BCUT2D eigenvalue weighted by Crippen LogP contribution is -2.26. The van der Waals surface area contributed by atoms with Gasteiger partial charge < -0.3 is 0 Å². The molecule has 0 spiro atoms. The molecule has 0 atom stereocenters. The molecule has 4 aromatic heterocycles. The number of hydrogen-bond acceptors (Lipinski definition) is 5. The van der Waals surface area contributed by atoms with Crippen molar-refractivity contribution in [1.82, 2.24) is 18.7 Å². The van der Waals surface area contributed by atoms with Crippen LogP contribution in [-0.2, 0) is 13.1 Å². The number of aromatic nitrogens is 4. The van der Waals surface area contributed by atoms with Crippen LogP contribution in [0.3, 0.4) is 0 Å². The number of aryl methyl sites for hydroxylation is 1. The Hall–Kier alpha value is -2.97. The Morgan fingerprint density at radius 3 is 2.68 bits per heavy atom. The summed E-state index contributed by atoms with van der Waals surface area (Å²) in [6.07, 6.45) is 0. The topological polar surface area (TPSA) is 61.3 Å². The summed E-state index contributed by atoms with van der Waals surface area (Å²) in [7, 11) is 0. The van der Waals surface area contributed by atoms with Crippen LogP contribution in [0.25, 0.3) is 16.0 Å². The second kappa shape index (κ2) is 6.57. The summed E-state index contributed by atoms with van der Waals surface area (Å²) in [5.74, 6) is 0.377. The Bertz CT molecular complexity index is 1420. The van der Waals surface area contributed by atoms with Crippen molar-refractivity contribution in [3.8, 4) is 0 Å². The van der Waals surface area contributed by atoms with E-state index in [2.05, 4.69) is 5.10 Å². The van der Waals surface area contributed by atoms with Gasteiger partial charge in [0.05, 0.1) is 18.6 Å². The molecule has 1 aromatic carbocycles. The SMILES string of the molecule is Cc1cccc(Cn2nc3n(Cc4cccs4)c(=O)c4sccc4n3c2=O)c1. The van der Waals surface area contributed by atoms with E-state index >= 15 is 0 Å². The molecule has 6 nitrogen and oxygen atoms in total. The summed E-state index contributed by atoms with van der Waals surface area (Å²) in [6.45, 7) is 2.78. The van der Waals surface area contributed by atoms with E-state index < -0.39 is 0 Å². The third-order valence-electron chi connectivity index (χ3n) is 4.70.